The number of amidine groups is 1. The highest BCUT2D eigenvalue weighted by molar-refractivity contribution is 6.06. The number of methoxy groups -OCH3 is 1. The molecule has 2 heterocycles. The van der Waals surface area contributed by atoms with Gasteiger partial charge in [0.05, 0.1) is 19.3 Å². The monoisotopic (exact) mass is 216 g/mol. The summed E-state index contributed by atoms with van der Waals surface area (Å²) >= 11 is 0. The molecular weight excluding hydrogens is 204 g/mol. The van der Waals surface area contributed by atoms with Crippen LogP contribution in [0, 0.1) is 0 Å². The normalized spacial score (nSPS) is 17.9. The molecule has 4 heteroatoms. The van der Waals surface area contributed by atoms with Gasteiger partial charge in [0, 0.05) is 18.4 Å². The fourth-order valence-electron chi connectivity index (χ4n) is 2.16. The van der Waals surface area contributed by atoms with Crippen LogP contribution in [0.5, 0.6) is 5.75 Å². The standard InChI is InChI=1S/C12H12N2O2/c1-16-9-2-3-10-8(6-9)7-14-11(13-10)4-5-12(14)15/h2-3,6H,4-5,7H2,1H3. The summed E-state index contributed by atoms with van der Waals surface area (Å²) in [5.41, 5.74) is 2.01. The lowest BCUT2D eigenvalue weighted by Crippen LogP contribution is -2.30. The van der Waals surface area contributed by atoms with Crippen LogP contribution in [0.3, 0.4) is 0 Å². The molecule has 0 radical (unpaired) electrons. The van der Waals surface area contributed by atoms with Crippen LogP contribution in [0.25, 0.3) is 0 Å². The second kappa shape index (κ2) is 3.33. The second-order valence-corrected chi connectivity index (χ2v) is 4.00. The molecule has 0 aliphatic carbocycles. The Kier molecular flexibility index (Phi) is 1.96. The van der Waals surface area contributed by atoms with E-state index < -0.39 is 0 Å². The number of aliphatic imine (C=N–C) groups is 1. The van der Waals surface area contributed by atoms with E-state index >= 15 is 0 Å². The van der Waals surface area contributed by atoms with Crippen LogP contribution in [0.2, 0.25) is 0 Å². The first-order valence-corrected chi connectivity index (χ1v) is 5.33. The number of hydrogen-bond acceptors (Lipinski definition) is 3. The smallest absolute Gasteiger partial charge is 0.228 e. The van der Waals surface area contributed by atoms with E-state index in [0.717, 1.165) is 29.3 Å². The van der Waals surface area contributed by atoms with Gasteiger partial charge in [-0.05, 0) is 18.2 Å². The van der Waals surface area contributed by atoms with E-state index in [2.05, 4.69) is 4.99 Å². The van der Waals surface area contributed by atoms with E-state index in [1.807, 2.05) is 18.2 Å². The summed E-state index contributed by atoms with van der Waals surface area (Å²) in [5.74, 6) is 1.89. The highest BCUT2D eigenvalue weighted by atomic mass is 16.5. The van der Waals surface area contributed by atoms with Crippen molar-refractivity contribution in [3.8, 4) is 5.75 Å². The second-order valence-electron chi connectivity index (χ2n) is 4.00. The third-order valence-electron chi connectivity index (χ3n) is 3.04. The molecule has 0 aromatic heterocycles. The molecule has 4 nitrogen and oxygen atoms in total. The third-order valence-corrected chi connectivity index (χ3v) is 3.04. The Labute approximate surface area is 93.5 Å². The van der Waals surface area contributed by atoms with Gasteiger partial charge in [-0.25, -0.2) is 4.99 Å². The summed E-state index contributed by atoms with van der Waals surface area (Å²) in [6, 6.07) is 5.79. The number of carbonyl (C=O) groups excluding carboxylic acids is 1. The van der Waals surface area contributed by atoms with Crippen molar-refractivity contribution >= 4 is 17.4 Å². The Morgan fingerprint density at radius 1 is 1.38 bits per heavy atom. The largest absolute Gasteiger partial charge is 0.497 e. The van der Waals surface area contributed by atoms with Gasteiger partial charge >= 0.3 is 0 Å². The van der Waals surface area contributed by atoms with Crippen LogP contribution in [-0.2, 0) is 11.3 Å². The van der Waals surface area contributed by atoms with Gasteiger partial charge in [-0.15, -0.1) is 0 Å². The number of nitrogens with zero attached hydrogens (tertiary/aromatic N) is 2. The molecule has 1 fully saturated rings. The molecule has 82 valence electrons. The number of amides is 1. The topological polar surface area (TPSA) is 41.9 Å². The molecule has 1 amide bonds. The molecule has 0 saturated carbocycles. The van der Waals surface area contributed by atoms with Crippen LogP contribution in [0.1, 0.15) is 18.4 Å². The maximum absolute atomic E-state index is 11.6. The number of benzene rings is 1. The predicted molar refractivity (Wildman–Crippen MR) is 59.9 cm³/mol. The van der Waals surface area contributed by atoms with Crippen LogP contribution in [0.15, 0.2) is 23.2 Å². The van der Waals surface area contributed by atoms with Gasteiger partial charge in [0.1, 0.15) is 11.6 Å². The molecule has 1 aromatic rings. The lowest BCUT2D eigenvalue weighted by atomic mass is 10.1. The van der Waals surface area contributed by atoms with E-state index in [-0.39, 0.29) is 5.91 Å². The van der Waals surface area contributed by atoms with Crippen molar-refractivity contribution in [2.75, 3.05) is 7.11 Å². The van der Waals surface area contributed by atoms with Crippen molar-refractivity contribution in [2.45, 2.75) is 19.4 Å². The van der Waals surface area contributed by atoms with Crippen molar-refractivity contribution in [1.29, 1.82) is 0 Å². The average Bonchev–Trinajstić information content (AvgIpc) is 2.67. The molecule has 1 saturated heterocycles. The Morgan fingerprint density at radius 3 is 3.06 bits per heavy atom. The Hall–Kier alpha value is -1.84. The molecule has 3 rings (SSSR count). The lowest BCUT2D eigenvalue weighted by molar-refractivity contribution is -0.126. The maximum Gasteiger partial charge on any atom is 0.228 e. The summed E-state index contributed by atoms with van der Waals surface area (Å²) in [6.07, 6.45) is 1.36. The third kappa shape index (κ3) is 1.30. The summed E-state index contributed by atoms with van der Waals surface area (Å²) < 4.78 is 5.17. The molecule has 2 aliphatic heterocycles. The highest BCUT2D eigenvalue weighted by Crippen LogP contribution is 2.32. The molecule has 2 aliphatic rings. The van der Waals surface area contributed by atoms with Crippen molar-refractivity contribution in [2.24, 2.45) is 4.99 Å². The van der Waals surface area contributed by atoms with Gasteiger partial charge in [-0.3, -0.25) is 9.69 Å². The zero-order chi connectivity index (χ0) is 11.1. The summed E-state index contributed by atoms with van der Waals surface area (Å²) in [4.78, 5) is 17.9. The zero-order valence-electron chi connectivity index (χ0n) is 9.06. The quantitative estimate of drug-likeness (QED) is 0.719. The fraction of sp³-hybridized carbons (Fsp3) is 0.333. The van der Waals surface area contributed by atoms with Crippen molar-refractivity contribution in [3.05, 3.63) is 23.8 Å². The fourth-order valence-corrected chi connectivity index (χ4v) is 2.16. The first-order chi connectivity index (χ1) is 7.78. The van der Waals surface area contributed by atoms with E-state index in [0.29, 0.717) is 13.0 Å². The minimum absolute atomic E-state index is 0.173. The van der Waals surface area contributed by atoms with Gasteiger partial charge in [-0.1, -0.05) is 0 Å². The van der Waals surface area contributed by atoms with E-state index in [4.69, 9.17) is 4.74 Å². The summed E-state index contributed by atoms with van der Waals surface area (Å²) in [5, 5.41) is 0. The molecule has 0 atom stereocenters. The van der Waals surface area contributed by atoms with Crippen LogP contribution < -0.4 is 4.74 Å². The molecular formula is C12H12N2O2. The Bertz CT molecular complexity index is 494. The predicted octanol–water partition coefficient (Wildman–Crippen LogP) is 1.86. The van der Waals surface area contributed by atoms with Gasteiger partial charge in [0.25, 0.3) is 0 Å². The first-order valence-electron chi connectivity index (χ1n) is 5.33. The number of fused-ring (bicyclic) bond motifs is 2. The van der Waals surface area contributed by atoms with Crippen molar-refractivity contribution < 1.29 is 9.53 Å². The number of hydrogen-bond donors (Lipinski definition) is 0. The number of carbonyl (C=O) groups is 1. The Morgan fingerprint density at radius 2 is 2.25 bits per heavy atom. The zero-order valence-corrected chi connectivity index (χ0v) is 9.06. The number of rotatable bonds is 1. The molecule has 0 bridgehead atoms. The average molecular weight is 216 g/mol. The molecule has 0 N–H and O–H groups in total. The Balaban J connectivity index is 2.05. The highest BCUT2D eigenvalue weighted by Gasteiger charge is 2.30. The summed E-state index contributed by atoms with van der Waals surface area (Å²) in [6.45, 7) is 0.629. The van der Waals surface area contributed by atoms with Crippen LogP contribution >= 0.6 is 0 Å². The minimum Gasteiger partial charge on any atom is -0.497 e. The van der Waals surface area contributed by atoms with Crippen LogP contribution in [0.4, 0.5) is 5.69 Å². The van der Waals surface area contributed by atoms with E-state index in [1.54, 1.807) is 12.0 Å². The minimum atomic E-state index is 0.173. The number of ether oxygens (including phenoxy) is 1. The summed E-state index contributed by atoms with van der Waals surface area (Å²) in [7, 11) is 1.64. The van der Waals surface area contributed by atoms with Gasteiger partial charge < -0.3 is 4.74 Å². The van der Waals surface area contributed by atoms with E-state index in [1.165, 1.54) is 0 Å². The molecule has 16 heavy (non-hydrogen) atoms. The lowest BCUT2D eigenvalue weighted by Gasteiger charge is -2.23. The van der Waals surface area contributed by atoms with Gasteiger partial charge in [0.2, 0.25) is 5.91 Å². The van der Waals surface area contributed by atoms with Gasteiger partial charge in [-0.2, -0.15) is 0 Å². The molecule has 0 spiro atoms. The molecule has 1 aromatic carbocycles. The van der Waals surface area contributed by atoms with E-state index in [9.17, 15) is 4.79 Å². The van der Waals surface area contributed by atoms with Crippen molar-refractivity contribution in [1.82, 2.24) is 4.90 Å². The van der Waals surface area contributed by atoms with Crippen molar-refractivity contribution in [3.63, 3.8) is 0 Å². The first kappa shape index (κ1) is 9.39. The maximum atomic E-state index is 11.6. The SMILES string of the molecule is COc1ccc2c(c1)CN1C(=O)CCC1=N2. The molecule has 0 unspecified atom stereocenters. The van der Waals surface area contributed by atoms with Gasteiger partial charge in [0.15, 0.2) is 0 Å². The van der Waals surface area contributed by atoms with Crippen LogP contribution in [-0.4, -0.2) is 23.8 Å².